The molecule has 3 heterocycles. The number of hydrogen-bond donors (Lipinski definition) is 2. The van der Waals surface area contributed by atoms with Gasteiger partial charge in [-0.3, -0.25) is 19.3 Å². The minimum atomic E-state index is -3.29. The number of benzene rings is 2. The van der Waals surface area contributed by atoms with Crippen molar-refractivity contribution < 1.29 is 28.3 Å². The Morgan fingerprint density at radius 2 is 1.68 bits per heavy atom. The molecule has 1 spiro atoms. The van der Waals surface area contributed by atoms with Gasteiger partial charge < -0.3 is 15.3 Å². The Labute approximate surface area is 249 Å². The normalized spacial score (nSPS) is 27.0. The summed E-state index contributed by atoms with van der Waals surface area (Å²) < 4.78 is 30.2. The molecule has 2 aromatic carbocycles. The molecule has 3 aliphatic rings. The Bertz CT molecular complexity index is 1430. The van der Waals surface area contributed by atoms with E-state index in [2.05, 4.69) is 5.32 Å². The van der Waals surface area contributed by atoms with Crippen molar-refractivity contribution in [3.63, 3.8) is 0 Å². The molecular weight excluding hydrogens is 610 g/mol. The Morgan fingerprint density at radius 1 is 1.07 bits per heavy atom. The number of halogens is 6. The van der Waals surface area contributed by atoms with E-state index in [9.17, 15) is 19.5 Å². The number of nitrogens with zero attached hydrogens (tertiary/aromatic N) is 2. The number of rotatable bonds is 4. The number of carbonyl (C=O) groups excluding carboxylic acids is 2. The van der Waals surface area contributed by atoms with E-state index in [4.69, 9.17) is 46.4 Å². The van der Waals surface area contributed by atoms with Crippen LogP contribution in [-0.2, 0) is 19.9 Å². The monoisotopic (exact) mass is 633 g/mol. The molecule has 214 valence electrons. The van der Waals surface area contributed by atoms with Crippen LogP contribution in [0.4, 0.5) is 20.2 Å². The second-order valence-electron chi connectivity index (χ2n) is 11.7. The number of amides is 2. The van der Waals surface area contributed by atoms with E-state index in [1.54, 1.807) is 0 Å². The first-order valence-electron chi connectivity index (χ1n) is 12.4. The van der Waals surface area contributed by atoms with E-state index in [1.807, 2.05) is 20.8 Å². The maximum Gasteiger partial charge on any atom is 0.310 e. The number of alkyl halides is 2. The van der Waals surface area contributed by atoms with Gasteiger partial charge in [-0.1, -0.05) is 67.2 Å². The number of carbonyl (C=O) groups is 3. The highest BCUT2D eigenvalue weighted by Gasteiger charge is 2.74. The highest BCUT2D eigenvalue weighted by Crippen LogP contribution is 2.61. The second kappa shape index (κ2) is 9.70. The summed E-state index contributed by atoms with van der Waals surface area (Å²) in [5, 5.41) is 13.8. The van der Waals surface area contributed by atoms with E-state index >= 15 is 8.78 Å². The number of fused-ring (bicyclic) bond motifs is 4. The first-order valence-corrected chi connectivity index (χ1v) is 13.9. The molecule has 2 saturated heterocycles. The van der Waals surface area contributed by atoms with Crippen LogP contribution < -0.4 is 10.2 Å². The summed E-state index contributed by atoms with van der Waals surface area (Å²) in [5.41, 5.74) is -2.25. The third kappa shape index (κ3) is 4.64. The lowest BCUT2D eigenvalue weighted by atomic mass is 9.73. The fourth-order valence-electron chi connectivity index (χ4n) is 6.43. The van der Waals surface area contributed by atoms with Gasteiger partial charge in [-0.25, -0.2) is 8.78 Å². The number of anilines is 2. The molecule has 2 aromatic rings. The molecule has 13 heteroatoms. The Kier molecular flexibility index (Phi) is 7.11. The maximum absolute atomic E-state index is 15.1. The van der Waals surface area contributed by atoms with Gasteiger partial charge in [0.15, 0.2) is 0 Å². The van der Waals surface area contributed by atoms with Gasteiger partial charge in [0, 0.05) is 45.3 Å². The third-order valence-electron chi connectivity index (χ3n) is 7.65. The number of nitrogens with one attached hydrogen (secondary N) is 1. The van der Waals surface area contributed by atoms with Crippen molar-refractivity contribution >= 4 is 75.6 Å². The van der Waals surface area contributed by atoms with Gasteiger partial charge >= 0.3 is 5.97 Å². The van der Waals surface area contributed by atoms with Gasteiger partial charge in [0.05, 0.1) is 23.2 Å². The fraction of sp³-hybridized carbons (Fsp3) is 0.444. The molecular formula is C27H25Cl4F2N3O4. The molecule has 40 heavy (non-hydrogen) atoms. The van der Waals surface area contributed by atoms with Gasteiger partial charge in [0.1, 0.15) is 11.5 Å². The first kappa shape index (κ1) is 29.3. The molecule has 7 nitrogen and oxygen atoms in total. The number of aliphatic carboxylic acids is 1. The highest BCUT2D eigenvalue weighted by molar-refractivity contribution is 6.38. The zero-order chi connectivity index (χ0) is 29.5. The topological polar surface area (TPSA) is 90.0 Å². The van der Waals surface area contributed by atoms with E-state index in [1.165, 1.54) is 35.2 Å². The molecule has 0 bridgehead atoms. The van der Waals surface area contributed by atoms with Gasteiger partial charge in [-0.2, -0.15) is 0 Å². The molecule has 1 unspecified atom stereocenters. The summed E-state index contributed by atoms with van der Waals surface area (Å²) in [7, 11) is 0. The lowest BCUT2D eigenvalue weighted by Gasteiger charge is -2.36. The van der Waals surface area contributed by atoms with Crippen LogP contribution in [0.5, 0.6) is 0 Å². The predicted molar refractivity (Wildman–Crippen MR) is 150 cm³/mol. The summed E-state index contributed by atoms with van der Waals surface area (Å²) in [6, 6.07) is 5.89. The fourth-order valence-corrected chi connectivity index (χ4v) is 7.48. The maximum atomic E-state index is 15.1. The largest absolute Gasteiger partial charge is 0.481 e. The molecule has 2 amide bonds. The van der Waals surface area contributed by atoms with Crippen molar-refractivity contribution in [3.05, 3.63) is 56.0 Å². The third-order valence-corrected chi connectivity index (χ3v) is 8.60. The Hall–Kier alpha value is -2.17. The molecule has 0 aliphatic carbocycles. The number of carboxylic acid groups (broad SMARTS) is 1. The van der Waals surface area contributed by atoms with E-state index in [0.717, 1.165) is 4.90 Å². The second-order valence-corrected chi connectivity index (χ2v) is 13.5. The van der Waals surface area contributed by atoms with Crippen LogP contribution in [0.1, 0.15) is 32.8 Å². The van der Waals surface area contributed by atoms with E-state index < -0.39 is 65.5 Å². The summed E-state index contributed by atoms with van der Waals surface area (Å²) >= 11 is 25.1. The number of hydrogen-bond acceptors (Lipinski definition) is 4. The van der Waals surface area contributed by atoms with E-state index in [-0.39, 0.29) is 43.6 Å². The molecule has 0 aromatic heterocycles. The van der Waals surface area contributed by atoms with Gasteiger partial charge in [-0.15, -0.1) is 0 Å². The van der Waals surface area contributed by atoms with Crippen LogP contribution in [0.2, 0.25) is 20.1 Å². The van der Waals surface area contributed by atoms with E-state index in [0.29, 0.717) is 0 Å². The average Bonchev–Trinajstić information content (AvgIpc) is 3.37. The molecule has 2 fully saturated rings. The summed E-state index contributed by atoms with van der Waals surface area (Å²) in [5.74, 6) is -9.66. The molecule has 2 N–H and O–H groups in total. The van der Waals surface area contributed by atoms with Crippen LogP contribution in [0.15, 0.2) is 30.3 Å². The van der Waals surface area contributed by atoms with Crippen LogP contribution >= 0.6 is 46.4 Å². The minimum absolute atomic E-state index is 0.0251. The zero-order valence-corrected chi connectivity index (χ0v) is 24.6. The lowest BCUT2D eigenvalue weighted by Crippen LogP contribution is -2.54. The quantitative estimate of drug-likeness (QED) is 0.397. The molecule has 0 saturated carbocycles. The average molecular weight is 635 g/mol. The highest BCUT2D eigenvalue weighted by atomic mass is 35.5. The minimum Gasteiger partial charge on any atom is -0.481 e. The van der Waals surface area contributed by atoms with Crippen LogP contribution in [0.25, 0.3) is 0 Å². The van der Waals surface area contributed by atoms with Crippen molar-refractivity contribution in [2.75, 3.05) is 23.3 Å². The van der Waals surface area contributed by atoms with Crippen molar-refractivity contribution in [2.24, 2.45) is 17.3 Å². The van der Waals surface area contributed by atoms with Gasteiger partial charge in [0.2, 0.25) is 5.91 Å². The van der Waals surface area contributed by atoms with Crippen LogP contribution in [0.3, 0.4) is 0 Å². The van der Waals surface area contributed by atoms with Crippen molar-refractivity contribution in [1.29, 1.82) is 0 Å². The number of carboxylic acids is 1. The lowest BCUT2D eigenvalue weighted by molar-refractivity contribution is -0.153. The smallest absolute Gasteiger partial charge is 0.310 e. The standard InChI is InChI=1S/C27H25Cl4F2N3O4/c1-25(2,3)10-35(15-5-12(28)4-13(29)6-15)22(37)19-18-9-26(32,33)11-36(18)27(20(19)23(38)39)16-7-14(30)8-17(31)21(16)34-24(27)40/h4-8,18-20H,9-11H2,1-3H3,(H,34,40)(H,38,39)/t18-,19?,20-,27+/m0/s1. The predicted octanol–water partition coefficient (Wildman–Crippen LogP) is 6.57. The molecule has 3 aliphatic heterocycles. The van der Waals surface area contributed by atoms with Crippen molar-refractivity contribution in [2.45, 2.75) is 44.7 Å². The van der Waals surface area contributed by atoms with Crippen molar-refractivity contribution in [3.8, 4) is 0 Å². The van der Waals surface area contributed by atoms with Gasteiger partial charge in [0.25, 0.3) is 11.8 Å². The zero-order valence-electron chi connectivity index (χ0n) is 21.6. The van der Waals surface area contributed by atoms with Gasteiger partial charge in [-0.05, 0) is 35.7 Å². The SMILES string of the molecule is CC(C)(C)CN(C(=O)C1[C@@H](C(=O)O)[C@]2(C(=O)Nc3c(Cl)cc(Cl)cc32)N2CC(F)(F)C[C@@H]12)c1cc(Cl)cc(Cl)c1. The first-order chi connectivity index (χ1) is 18.5. The summed E-state index contributed by atoms with van der Waals surface area (Å²) in [6.45, 7) is 4.76. The van der Waals surface area contributed by atoms with Crippen LogP contribution in [0, 0.1) is 17.3 Å². The Balaban J connectivity index is 1.74. The van der Waals surface area contributed by atoms with Crippen molar-refractivity contribution in [1.82, 2.24) is 4.90 Å². The molecule has 5 rings (SSSR count). The van der Waals surface area contributed by atoms with Crippen LogP contribution in [-0.4, -0.2) is 52.8 Å². The summed E-state index contributed by atoms with van der Waals surface area (Å²) in [4.78, 5) is 43.9. The molecule has 0 radical (unpaired) electrons. The molecule has 4 atom stereocenters. The Morgan fingerprint density at radius 3 is 2.25 bits per heavy atom. The summed E-state index contributed by atoms with van der Waals surface area (Å²) in [6.07, 6.45) is -0.814.